The van der Waals surface area contributed by atoms with Crippen molar-refractivity contribution in [2.45, 2.75) is 31.7 Å². The summed E-state index contributed by atoms with van der Waals surface area (Å²) in [5, 5.41) is 5.69. The van der Waals surface area contributed by atoms with Gasteiger partial charge in [-0.25, -0.2) is 4.79 Å². The lowest BCUT2D eigenvalue weighted by molar-refractivity contribution is -0.121. The molecular weight excluding hydrogens is 194 g/mol. The summed E-state index contributed by atoms with van der Waals surface area (Å²) >= 11 is 0. The molecule has 15 heavy (non-hydrogen) atoms. The van der Waals surface area contributed by atoms with Gasteiger partial charge in [-0.1, -0.05) is 0 Å². The van der Waals surface area contributed by atoms with Crippen LogP contribution in [0.1, 0.15) is 25.7 Å². The molecule has 1 saturated carbocycles. The summed E-state index contributed by atoms with van der Waals surface area (Å²) < 4.78 is 0. The van der Waals surface area contributed by atoms with Gasteiger partial charge in [0, 0.05) is 19.1 Å². The molecule has 0 aromatic rings. The summed E-state index contributed by atoms with van der Waals surface area (Å²) in [5.74, 6) is -0.0590. The summed E-state index contributed by atoms with van der Waals surface area (Å²) in [6.07, 6.45) is 4.19. The molecule has 2 aliphatic rings. The molecule has 0 aromatic carbocycles. The van der Waals surface area contributed by atoms with E-state index in [-0.39, 0.29) is 18.5 Å². The van der Waals surface area contributed by atoms with Crippen molar-refractivity contribution in [2.75, 3.05) is 19.6 Å². The zero-order valence-corrected chi connectivity index (χ0v) is 8.79. The van der Waals surface area contributed by atoms with Crippen LogP contribution in [0.5, 0.6) is 0 Å². The molecule has 2 rings (SSSR count). The Morgan fingerprint density at radius 1 is 1.40 bits per heavy atom. The van der Waals surface area contributed by atoms with Crippen LogP contribution in [0.25, 0.3) is 0 Å². The molecule has 84 valence electrons. The SMILES string of the molecule is O=C1CN(C(=O)NC2CCC2)CCCN1. The van der Waals surface area contributed by atoms with Crippen LogP contribution in [0, 0.1) is 0 Å². The van der Waals surface area contributed by atoms with Crippen molar-refractivity contribution < 1.29 is 9.59 Å². The first kappa shape index (κ1) is 10.3. The van der Waals surface area contributed by atoms with E-state index in [1.54, 1.807) is 4.90 Å². The Labute approximate surface area is 89.2 Å². The number of amides is 3. The lowest BCUT2D eigenvalue weighted by atomic mass is 9.93. The number of rotatable bonds is 1. The standard InChI is InChI=1S/C10H17N3O2/c14-9-7-13(6-2-5-11-9)10(15)12-8-3-1-4-8/h8H,1-7H2,(H,11,14)(H,12,15). The highest BCUT2D eigenvalue weighted by Gasteiger charge is 2.24. The highest BCUT2D eigenvalue weighted by Crippen LogP contribution is 2.18. The third-order valence-electron chi connectivity index (χ3n) is 2.98. The van der Waals surface area contributed by atoms with E-state index in [1.165, 1.54) is 6.42 Å². The van der Waals surface area contributed by atoms with Gasteiger partial charge < -0.3 is 15.5 Å². The number of carbonyl (C=O) groups is 2. The second-order valence-electron chi connectivity index (χ2n) is 4.20. The first-order valence-electron chi connectivity index (χ1n) is 5.58. The van der Waals surface area contributed by atoms with Gasteiger partial charge in [-0.3, -0.25) is 4.79 Å². The van der Waals surface area contributed by atoms with E-state index in [0.717, 1.165) is 19.3 Å². The van der Waals surface area contributed by atoms with E-state index in [1.807, 2.05) is 0 Å². The van der Waals surface area contributed by atoms with Crippen molar-refractivity contribution in [1.82, 2.24) is 15.5 Å². The Hall–Kier alpha value is -1.26. The van der Waals surface area contributed by atoms with E-state index in [4.69, 9.17) is 0 Å². The topological polar surface area (TPSA) is 61.4 Å². The minimum absolute atomic E-state index is 0.0590. The fourth-order valence-corrected chi connectivity index (χ4v) is 1.80. The predicted molar refractivity (Wildman–Crippen MR) is 55.4 cm³/mol. The lowest BCUT2D eigenvalue weighted by Crippen LogP contribution is -2.49. The molecule has 0 bridgehead atoms. The number of nitrogens with zero attached hydrogens (tertiary/aromatic N) is 1. The maximum absolute atomic E-state index is 11.7. The molecule has 1 heterocycles. The highest BCUT2D eigenvalue weighted by atomic mass is 16.2. The fraction of sp³-hybridized carbons (Fsp3) is 0.800. The molecule has 0 atom stereocenters. The van der Waals surface area contributed by atoms with E-state index in [2.05, 4.69) is 10.6 Å². The Bertz CT molecular complexity index is 263. The van der Waals surface area contributed by atoms with Crippen LogP contribution in [0.15, 0.2) is 0 Å². The van der Waals surface area contributed by atoms with Crippen molar-refractivity contribution in [2.24, 2.45) is 0 Å². The number of hydrogen-bond acceptors (Lipinski definition) is 2. The monoisotopic (exact) mass is 211 g/mol. The smallest absolute Gasteiger partial charge is 0.318 e. The van der Waals surface area contributed by atoms with Gasteiger partial charge in [0.2, 0.25) is 5.91 Å². The number of hydrogen-bond donors (Lipinski definition) is 2. The minimum Gasteiger partial charge on any atom is -0.354 e. The van der Waals surface area contributed by atoms with Gasteiger partial charge >= 0.3 is 6.03 Å². The third-order valence-corrected chi connectivity index (χ3v) is 2.98. The third kappa shape index (κ3) is 2.61. The van der Waals surface area contributed by atoms with Gasteiger partial charge in [0.1, 0.15) is 6.54 Å². The fourth-order valence-electron chi connectivity index (χ4n) is 1.80. The second kappa shape index (κ2) is 4.51. The average molecular weight is 211 g/mol. The molecule has 2 fully saturated rings. The van der Waals surface area contributed by atoms with Gasteiger partial charge in [0.15, 0.2) is 0 Å². The van der Waals surface area contributed by atoms with Crippen LogP contribution < -0.4 is 10.6 Å². The van der Waals surface area contributed by atoms with Crippen LogP contribution in [-0.4, -0.2) is 42.5 Å². The quantitative estimate of drug-likeness (QED) is 0.644. The van der Waals surface area contributed by atoms with Crippen LogP contribution in [0.2, 0.25) is 0 Å². The summed E-state index contributed by atoms with van der Waals surface area (Å²) in [5.41, 5.74) is 0. The number of nitrogens with one attached hydrogen (secondary N) is 2. The molecule has 3 amide bonds. The van der Waals surface area contributed by atoms with Crippen LogP contribution in [0.3, 0.4) is 0 Å². The van der Waals surface area contributed by atoms with E-state index in [9.17, 15) is 9.59 Å². The zero-order valence-electron chi connectivity index (χ0n) is 8.79. The summed E-state index contributed by atoms with van der Waals surface area (Å²) in [6.45, 7) is 1.53. The van der Waals surface area contributed by atoms with Crippen LogP contribution >= 0.6 is 0 Å². The van der Waals surface area contributed by atoms with Gasteiger partial charge in [-0.05, 0) is 25.7 Å². The van der Waals surface area contributed by atoms with Crippen molar-refractivity contribution in [1.29, 1.82) is 0 Å². The van der Waals surface area contributed by atoms with Crippen molar-refractivity contribution in [3.8, 4) is 0 Å². The number of carbonyl (C=O) groups excluding carboxylic acids is 2. The molecule has 5 nitrogen and oxygen atoms in total. The lowest BCUT2D eigenvalue weighted by Gasteiger charge is -2.29. The Morgan fingerprint density at radius 3 is 2.87 bits per heavy atom. The Balaban J connectivity index is 1.83. The average Bonchev–Trinajstić information content (AvgIpc) is 2.36. The maximum atomic E-state index is 11.7. The largest absolute Gasteiger partial charge is 0.354 e. The van der Waals surface area contributed by atoms with Gasteiger partial charge in [0.05, 0.1) is 0 Å². The predicted octanol–water partition coefficient (Wildman–Crippen LogP) is 0.0704. The Morgan fingerprint density at radius 2 is 2.20 bits per heavy atom. The molecule has 1 aliphatic heterocycles. The molecule has 0 spiro atoms. The van der Waals surface area contributed by atoms with Crippen LogP contribution in [0.4, 0.5) is 4.79 Å². The molecule has 0 aromatic heterocycles. The minimum atomic E-state index is -0.0863. The van der Waals surface area contributed by atoms with Crippen LogP contribution in [-0.2, 0) is 4.79 Å². The molecule has 1 aliphatic carbocycles. The zero-order chi connectivity index (χ0) is 10.7. The van der Waals surface area contributed by atoms with E-state index < -0.39 is 0 Å². The summed E-state index contributed by atoms with van der Waals surface area (Å²) in [7, 11) is 0. The molecule has 2 N–H and O–H groups in total. The molecule has 1 saturated heterocycles. The van der Waals surface area contributed by atoms with Crippen molar-refractivity contribution in [3.63, 3.8) is 0 Å². The van der Waals surface area contributed by atoms with E-state index in [0.29, 0.717) is 19.1 Å². The first-order valence-corrected chi connectivity index (χ1v) is 5.58. The molecule has 5 heteroatoms. The van der Waals surface area contributed by atoms with Crippen molar-refractivity contribution >= 4 is 11.9 Å². The first-order chi connectivity index (χ1) is 7.25. The molecular formula is C10H17N3O2. The second-order valence-corrected chi connectivity index (χ2v) is 4.20. The summed E-state index contributed by atoms with van der Waals surface area (Å²) in [6, 6.07) is 0.251. The van der Waals surface area contributed by atoms with Gasteiger partial charge in [0.25, 0.3) is 0 Å². The Kier molecular flexibility index (Phi) is 3.08. The normalized spacial score (nSPS) is 22.7. The molecule has 0 unspecified atom stereocenters. The highest BCUT2D eigenvalue weighted by molar-refractivity contribution is 5.84. The summed E-state index contributed by atoms with van der Waals surface area (Å²) in [4.78, 5) is 24.6. The number of urea groups is 1. The molecule has 0 radical (unpaired) electrons. The maximum Gasteiger partial charge on any atom is 0.318 e. The van der Waals surface area contributed by atoms with Crippen molar-refractivity contribution in [3.05, 3.63) is 0 Å². The van der Waals surface area contributed by atoms with Gasteiger partial charge in [-0.2, -0.15) is 0 Å². The van der Waals surface area contributed by atoms with Gasteiger partial charge in [-0.15, -0.1) is 0 Å². The van der Waals surface area contributed by atoms with E-state index >= 15 is 0 Å².